The first-order valence-electron chi connectivity index (χ1n) is 8.73. The van der Waals surface area contributed by atoms with E-state index in [1.165, 1.54) is 7.11 Å². The molecule has 0 bridgehead atoms. The van der Waals surface area contributed by atoms with Gasteiger partial charge in [0.25, 0.3) is 0 Å². The predicted molar refractivity (Wildman–Crippen MR) is 107 cm³/mol. The molecule has 0 aromatic heterocycles. The molecule has 1 aliphatic rings. The van der Waals surface area contributed by atoms with Crippen LogP contribution in [-0.4, -0.2) is 50.2 Å². The number of methoxy groups -OCH3 is 1. The first-order chi connectivity index (χ1) is 13.0. The summed E-state index contributed by atoms with van der Waals surface area (Å²) in [5.41, 5.74) is 3.12. The lowest BCUT2D eigenvalue weighted by atomic mass is 10.1. The second-order valence-corrected chi connectivity index (χ2v) is 6.82. The Bertz CT molecular complexity index is 848. The molecule has 0 atom stereocenters. The van der Waals surface area contributed by atoms with Crippen molar-refractivity contribution >= 4 is 35.0 Å². The van der Waals surface area contributed by atoms with Crippen molar-refractivity contribution < 1.29 is 14.3 Å². The molecule has 0 radical (unpaired) electrons. The highest BCUT2D eigenvalue weighted by molar-refractivity contribution is 6.31. The maximum absolute atomic E-state index is 12.5. The Morgan fingerprint density at radius 3 is 2.48 bits per heavy atom. The summed E-state index contributed by atoms with van der Waals surface area (Å²) in [6.45, 7) is 4.48. The second-order valence-electron chi connectivity index (χ2n) is 6.41. The molecule has 1 N–H and O–H groups in total. The van der Waals surface area contributed by atoms with Crippen LogP contribution in [0.2, 0.25) is 5.02 Å². The molecule has 1 heterocycles. The molecule has 142 valence electrons. The van der Waals surface area contributed by atoms with Crippen molar-refractivity contribution in [3.63, 3.8) is 0 Å². The van der Waals surface area contributed by atoms with Crippen LogP contribution >= 0.6 is 11.6 Å². The van der Waals surface area contributed by atoms with E-state index in [0.717, 1.165) is 11.3 Å². The summed E-state index contributed by atoms with van der Waals surface area (Å²) in [6.07, 6.45) is 0. The Hall–Kier alpha value is -2.73. The lowest BCUT2D eigenvalue weighted by Gasteiger charge is -2.36. The quantitative estimate of drug-likeness (QED) is 0.814. The fraction of sp³-hybridized carbons (Fsp3) is 0.300. The van der Waals surface area contributed by atoms with Gasteiger partial charge < -0.3 is 19.9 Å². The van der Waals surface area contributed by atoms with Gasteiger partial charge in [-0.2, -0.15) is 0 Å². The number of amides is 2. The second kappa shape index (κ2) is 8.31. The smallest absolute Gasteiger partial charge is 0.337 e. The molecule has 27 heavy (non-hydrogen) atoms. The van der Waals surface area contributed by atoms with Crippen molar-refractivity contribution in [1.29, 1.82) is 0 Å². The van der Waals surface area contributed by atoms with Gasteiger partial charge in [0, 0.05) is 42.6 Å². The first kappa shape index (κ1) is 19.0. The highest BCUT2D eigenvalue weighted by atomic mass is 35.5. The monoisotopic (exact) mass is 387 g/mol. The molecular weight excluding hydrogens is 366 g/mol. The number of hydrogen-bond acceptors (Lipinski definition) is 4. The third-order valence-corrected chi connectivity index (χ3v) is 5.03. The minimum atomic E-state index is -0.355. The summed E-state index contributed by atoms with van der Waals surface area (Å²) in [7, 11) is 1.37. The zero-order valence-electron chi connectivity index (χ0n) is 15.4. The maximum Gasteiger partial charge on any atom is 0.337 e. The van der Waals surface area contributed by atoms with Crippen LogP contribution in [0.1, 0.15) is 15.9 Å². The van der Waals surface area contributed by atoms with E-state index < -0.39 is 0 Å². The van der Waals surface area contributed by atoms with Crippen LogP contribution < -0.4 is 10.2 Å². The van der Waals surface area contributed by atoms with Gasteiger partial charge in [0.1, 0.15) is 0 Å². The van der Waals surface area contributed by atoms with Gasteiger partial charge in [-0.05, 0) is 42.8 Å². The van der Waals surface area contributed by atoms with E-state index >= 15 is 0 Å². The highest BCUT2D eigenvalue weighted by Gasteiger charge is 2.22. The number of carbonyl (C=O) groups is 2. The molecule has 0 saturated carbocycles. The summed E-state index contributed by atoms with van der Waals surface area (Å²) >= 11 is 6.11. The molecule has 1 fully saturated rings. The Morgan fingerprint density at radius 2 is 1.81 bits per heavy atom. The number of rotatable bonds is 3. The van der Waals surface area contributed by atoms with Crippen LogP contribution in [0.25, 0.3) is 0 Å². The third-order valence-electron chi connectivity index (χ3n) is 4.62. The van der Waals surface area contributed by atoms with Crippen molar-refractivity contribution in [3.8, 4) is 0 Å². The lowest BCUT2D eigenvalue weighted by molar-refractivity contribution is 0.0600. The molecule has 1 saturated heterocycles. The van der Waals surface area contributed by atoms with Gasteiger partial charge in [-0.15, -0.1) is 0 Å². The summed E-state index contributed by atoms with van der Waals surface area (Å²) < 4.78 is 4.77. The van der Waals surface area contributed by atoms with Crippen LogP contribution in [0.15, 0.2) is 42.5 Å². The van der Waals surface area contributed by atoms with E-state index in [9.17, 15) is 9.59 Å². The van der Waals surface area contributed by atoms with Crippen LogP contribution in [-0.2, 0) is 4.74 Å². The van der Waals surface area contributed by atoms with E-state index in [1.54, 1.807) is 17.0 Å². The topological polar surface area (TPSA) is 61.9 Å². The largest absolute Gasteiger partial charge is 0.465 e. The molecular formula is C20H22ClN3O3. The SMILES string of the molecule is COC(=O)c1cccc(N2CCN(C(=O)Nc3ccc(C)c(Cl)c3)CC2)c1. The van der Waals surface area contributed by atoms with Gasteiger partial charge in [-0.1, -0.05) is 23.7 Å². The first-order valence-corrected chi connectivity index (χ1v) is 9.11. The molecule has 6 nitrogen and oxygen atoms in total. The lowest BCUT2D eigenvalue weighted by Crippen LogP contribution is -2.50. The molecule has 2 amide bonds. The number of urea groups is 1. The molecule has 3 rings (SSSR count). The van der Waals surface area contributed by atoms with E-state index in [2.05, 4.69) is 10.2 Å². The Labute approximate surface area is 163 Å². The van der Waals surface area contributed by atoms with Crippen molar-refractivity contribution in [2.24, 2.45) is 0 Å². The Kier molecular flexibility index (Phi) is 5.86. The highest BCUT2D eigenvalue weighted by Crippen LogP contribution is 2.21. The van der Waals surface area contributed by atoms with E-state index in [0.29, 0.717) is 42.5 Å². The molecule has 0 spiro atoms. The van der Waals surface area contributed by atoms with Gasteiger partial charge >= 0.3 is 12.0 Å². The number of aryl methyl sites for hydroxylation is 1. The summed E-state index contributed by atoms with van der Waals surface area (Å²) in [5, 5.41) is 3.52. The normalized spacial score (nSPS) is 14.0. The number of esters is 1. The number of benzene rings is 2. The van der Waals surface area contributed by atoms with E-state index in [-0.39, 0.29) is 12.0 Å². The average molecular weight is 388 g/mol. The van der Waals surface area contributed by atoms with Crippen molar-refractivity contribution in [2.75, 3.05) is 43.5 Å². The van der Waals surface area contributed by atoms with Crippen LogP contribution in [0.3, 0.4) is 0 Å². The van der Waals surface area contributed by atoms with Gasteiger partial charge in [0.05, 0.1) is 12.7 Å². The van der Waals surface area contributed by atoms with Crippen molar-refractivity contribution in [2.45, 2.75) is 6.92 Å². The average Bonchev–Trinajstić information content (AvgIpc) is 2.70. The van der Waals surface area contributed by atoms with Crippen molar-refractivity contribution in [1.82, 2.24) is 4.90 Å². The molecule has 7 heteroatoms. The number of anilines is 2. The van der Waals surface area contributed by atoms with Crippen LogP contribution in [0.5, 0.6) is 0 Å². The molecule has 2 aromatic carbocycles. The number of nitrogens with one attached hydrogen (secondary N) is 1. The molecule has 2 aromatic rings. The molecule has 0 aliphatic carbocycles. The summed E-state index contributed by atoms with van der Waals surface area (Å²) in [5.74, 6) is -0.355. The number of carbonyl (C=O) groups excluding carboxylic acids is 2. The molecule has 0 unspecified atom stereocenters. The zero-order chi connectivity index (χ0) is 19.4. The summed E-state index contributed by atoms with van der Waals surface area (Å²) in [6, 6.07) is 12.7. The van der Waals surface area contributed by atoms with E-state index in [4.69, 9.17) is 16.3 Å². The van der Waals surface area contributed by atoms with E-state index in [1.807, 2.05) is 37.3 Å². The van der Waals surface area contributed by atoms with Crippen LogP contribution in [0.4, 0.5) is 16.2 Å². The Morgan fingerprint density at radius 1 is 1.07 bits per heavy atom. The maximum atomic E-state index is 12.5. The number of piperazine rings is 1. The number of nitrogens with zero attached hydrogens (tertiary/aromatic N) is 2. The zero-order valence-corrected chi connectivity index (χ0v) is 16.1. The van der Waals surface area contributed by atoms with Crippen LogP contribution in [0, 0.1) is 6.92 Å². The van der Waals surface area contributed by atoms with Gasteiger partial charge in [-0.25, -0.2) is 9.59 Å². The standard InChI is InChI=1S/C20H22ClN3O3/c1-14-6-7-16(13-18(14)21)22-20(26)24-10-8-23(9-11-24)17-5-3-4-15(12-17)19(25)27-2/h3-7,12-13H,8-11H2,1-2H3,(H,22,26). The van der Waals surface area contributed by atoms with Crippen molar-refractivity contribution in [3.05, 3.63) is 58.6 Å². The fourth-order valence-corrected chi connectivity index (χ4v) is 3.17. The number of ether oxygens (including phenoxy) is 1. The van der Waals surface area contributed by atoms with Gasteiger partial charge in [0.2, 0.25) is 0 Å². The fourth-order valence-electron chi connectivity index (χ4n) is 2.99. The summed E-state index contributed by atoms with van der Waals surface area (Å²) in [4.78, 5) is 28.1. The third kappa shape index (κ3) is 4.52. The predicted octanol–water partition coefficient (Wildman–Crippen LogP) is 3.79. The molecule has 1 aliphatic heterocycles. The Balaban J connectivity index is 1.59. The number of halogens is 1. The minimum absolute atomic E-state index is 0.141. The van der Waals surface area contributed by atoms with Gasteiger partial charge in [-0.3, -0.25) is 0 Å². The van der Waals surface area contributed by atoms with Gasteiger partial charge in [0.15, 0.2) is 0 Å². The number of hydrogen-bond donors (Lipinski definition) is 1. The minimum Gasteiger partial charge on any atom is -0.465 e.